The molecule has 26 heavy (non-hydrogen) atoms. The largest absolute Gasteiger partial charge is 0.490 e. The number of aromatic nitrogens is 2. The molecule has 0 radical (unpaired) electrons. The van der Waals surface area contributed by atoms with Crippen LogP contribution in [-0.4, -0.2) is 34.3 Å². The van der Waals surface area contributed by atoms with E-state index < -0.39 is 17.1 Å². The van der Waals surface area contributed by atoms with Gasteiger partial charge in [-0.25, -0.2) is 9.78 Å². The lowest BCUT2D eigenvalue weighted by Crippen LogP contribution is -2.18. The molecule has 0 saturated carbocycles. The topological polar surface area (TPSA) is 102 Å². The zero-order chi connectivity index (χ0) is 18.9. The highest BCUT2D eigenvalue weighted by atomic mass is 16.5. The fraction of sp³-hybridized carbons (Fsp3) is 0.316. The normalized spacial score (nSPS) is 10.8. The van der Waals surface area contributed by atoms with Crippen LogP contribution in [0, 0.1) is 0 Å². The molecule has 2 N–H and O–H groups in total. The van der Waals surface area contributed by atoms with Gasteiger partial charge in [-0.05, 0) is 37.1 Å². The first-order valence-electron chi connectivity index (χ1n) is 8.45. The number of carboxylic acid groups (broad SMARTS) is 1. The quantitative estimate of drug-likeness (QED) is 0.668. The van der Waals surface area contributed by atoms with Gasteiger partial charge in [0.1, 0.15) is 11.4 Å². The molecular weight excluding hydrogens is 336 g/mol. The fourth-order valence-electron chi connectivity index (χ4n) is 2.16. The Morgan fingerprint density at radius 2 is 2.04 bits per heavy atom. The molecule has 0 amide bonds. The van der Waals surface area contributed by atoms with Crippen molar-refractivity contribution in [2.45, 2.75) is 26.7 Å². The van der Waals surface area contributed by atoms with Crippen LogP contribution in [0.2, 0.25) is 0 Å². The molecule has 0 fully saturated rings. The minimum atomic E-state index is -1.31. The van der Waals surface area contributed by atoms with Crippen LogP contribution in [0.3, 0.4) is 0 Å². The maximum atomic E-state index is 11.7. The number of rotatable bonds is 9. The zero-order valence-electron chi connectivity index (χ0n) is 14.8. The number of H-pyrrole nitrogens is 1. The summed E-state index contributed by atoms with van der Waals surface area (Å²) in [5.74, 6) is 0.291. The van der Waals surface area contributed by atoms with E-state index in [9.17, 15) is 9.59 Å². The molecule has 2 rings (SSSR count). The van der Waals surface area contributed by atoms with E-state index >= 15 is 0 Å². The molecule has 7 nitrogen and oxygen atoms in total. The van der Waals surface area contributed by atoms with Crippen molar-refractivity contribution in [2.24, 2.45) is 0 Å². The monoisotopic (exact) mass is 358 g/mol. The Hall–Kier alpha value is -3.09. The Morgan fingerprint density at radius 1 is 1.23 bits per heavy atom. The van der Waals surface area contributed by atoms with Crippen molar-refractivity contribution in [1.29, 1.82) is 0 Å². The highest BCUT2D eigenvalue weighted by Crippen LogP contribution is 2.29. The summed E-state index contributed by atoms with van der Waals surface area (Å²) < 4.78 is 11.4. The number of aromatic carboxylic acids is 1. The number of nitrogens with zero attached hydrogens (tertiary/aromatic N) is 1. The van der Waals surface area contributed by atoms with Crippen molar-refractivity contribution in [3.05, 3.63) is 51.7 Å². The molecule has 2 aromatic rings. The molecule has 0 aliphatic heterocycles. The number of carboxylic acids is 1. The van der Waals surface area contributed by atoms with Crippen LogP contribution in [0.4, 0.5) is 0 Å². The molecule has 0 atom stereocenters. The Morgan fingerprint density at radius 3 is 2.69 bits per heavy atom. The van der Waals surface area contributed by atoms with Crippen molar-refractivity contribution in [3.63, 3.8) is 0 Å². The maximum absolute atomic E-state index is 11.7. The standard InChI is InChI=1S/C19H22N2O5/c1-3-5-10-26-15-8-6-13(11-16(15)25-4-2)7-9-17-20-12-14(19(23)24)18(22)21-17/h6-9,11-12H,3-5,10H2,1-2H3,(H,23,24)(H,20,21,22)/b9-7+. The summed E-state index contributed by atoms with van der Waals surface area (Å²) >= 11 is 0. The van der Waals surface area contributed by atoms with E-state index in [1.54, 1.807) is 12.2 Å². The molecule has 0 saturated heterocycles. The van der Waals surface area contributed by atoms with Gasteiger partial charge in [-0.2, -0.15) is 0 Å². The second kappa shape index (κ2) is 9.41. The lowest BCUT2D eigenvalue weighted by molar-refractivity contribution is 0.0694. The van der Waals surface area contributed by atoms with Gasteiger partial charge in [0.25, 0.3) is 5.56 Å². The number of aromatic amines is 1. The van der Waals surface area contributed by atoms with Crippen molar-refractivity contribution in [2.75, 3.05) is 13.2 Å². The molecule has 0 bridgehead atoms. The summed E-state index contributed by atoms with van der Waals surface area (Å²) in [6.45, 7) is 5.15. The third-order valence-corrected chi connectivity index (χ3v) is 3.51. The molecule has 1 aromatic heterocycles. The average Bonchev–Trinajstić information content (AvgIpc) is 2.61. The Kier molecular flexibility index (Phi) is 6.96. The molecule has 1 aromatic carbocycles. The number of unbranched alkanes of at least 4 members (excludes halogenated alkanes) is 1. The summed E-state index contributed by atoms with van der Waals surface area (Å²) in [6, 6.07) is 5.54. The highest BCUT2D eigenvalue weighted by molar-refractivity contribution is 5.86. The molecule has 0 aliphatic rings. The van der Waals surface area contributed by atoms with Gasteiger partial charge in [0.05, 0.1) is 13.2 Å². The SMILES string of the molecule is CCCCOc1ccc(/C=C/c2ncc(C(=O)O)c(=O)[nH]2)cc1OCC. The molecule has 0 aliphatic carbocycles. The summed E-state index contributed by atoms with van der Waals surface area (Å²) in [6.07, 6.45) is 6.40. The third-order valence-electron chi connectivity index (χ3n) is 3.51. The van der Waals surface area contributed by atoms with E-state index in [0.29, 0.717) is 24.7 Å². The Bertz CT molecular complexity index is 842. The number of benzene rings is 1. The summed E-state index contributed by atoms with van der Waals surface area (Å²) in [4.78, 5) is 28.8. The van der Waals surface area contributed by atoms with Crippen LogP contribution in [0.15, 0.2) is 29.2 Å². The van der Waals surface area contributed by atoms with Gasteiger partial charge in [-0.3, -0.25) is 4.79 Å². The number of hydrogen-bond donors (Lipinski definition) is 2. The zero-order valence-corrected chi connectivity index (χ0v) is 14.8. The second-order valence-electron chi connectivity index (χ2n) is 5.49. The van der Waals surface area contributed by atoms with E-state index in [1.807, 2.05) is 25.1 Å². The highest BCUT2D eigenvalue weighted by Gasteiger charge is 2.09. The van der Waals surface area contributed by atoms with Gasteiger partial charge in [0.15, 0.2) is 11.5 Å². The van der Waals surface area contributed by atoms with E-state index in [1.165, 1.54) is 0 Å². The lowest BCUT2D eigenvalue weighted by atomic mass is 10.2. The number of ether oxygens (including phenoxy) is 2. The molecule has 0 spiro atoms. The minimum absolute atomic E-state index is 0.265. The fourth-order valence-corrected chi connectivity index (χ4v) is 2.16. The average molecular weight is 358 g/mol. The summed E-state index contributed by atoms with van der Waals surface area (Å²) in [7, 11) is 0. The third kappa shape index (κ3) is 5.20. The molecule has 138 valence electrons. The first-order chi connectivity index (χ1) is 12.5. The van der Waals surface area contributed by atoms with Crippen LogP contribution in [0.5, 0.6) is 11.5 Å². The second-order valence-corrected chi connectivity index (χ2v) is 5.49. The minimum Gasteiger partial charge on any atom is -0.490 e. The first-order valence-corrected chi connectivity index (χ1v) is 8.45. The van der Waals surface area contributed by atoms with Gasteiger partial charge in [0, 0.05) is 6.20 Å². The number of nitrogens with one attached hydrogen (secondary N) is 1. The molecule has 1 heterocycles. The predicted octanol–water partition coefficient (Wildman–Crippen LogP) is 3.22. The number of carbonyl (C=O) groups is 1. The molecular formula is C19H22N2O5. The molecule has 7 heteroatoms. The maximum Gasteiger partial charge on any atom is 0.342 e. The van der Waals surface area contributed by atoms with Crippen LogP contribution < -0.4 is 15.0 Å². The smallest absolute Gasteiger partial charge is 0.342 e. The van der Waals surface area contributed by atoms with E-state index in [2.05, 4.69) is 16.9 Å². The van der Waals surface area contributed by atoms with Crippen LogP contribution >= 0.6 is 0 Å². The van der Waals surface area contributed by atoms with Crippen LogP contribution in [0.25, 0.3) is 12.2 Å². The summed E-state index contributed by atoms with van der Waals surface area (Å²) in [5.41, 5.74) is -0.252. The van der Waals surface area contributed by atoms with E-state index in [0.717, 1.165) is 24.6 Å². The van der Waals surface area contributed by atoms with E-state index in [-0.39, 0.29) is 5.82 Å². The van der Waals surface area contributed by atoms with Gasteiger partial charge in [-0.1, -0.05) is 25.5 Å². The molecule has 0 unspecified atom stereocenters. The summed E-state index contributed by atoms with van der Waals surface area (Å²) in [5, 5.41) is 8.85. The van der Waals surface area contributed by atoms with Crippen LogP contribution in [0.1, 0.15) is 48.4 Å². The Balaban J connectivity index is 2.19. The van der Waals surface area contributed by atoms with Gasteiger partial charge in [-0.15, -0.1) is 0 Å². The van der Waals surface area contributed by atoms with Crippen molar-refractivity contribution >= 4 is 18.1 Å². The van der Waals surface area contributed by atoms with Crippen molar-refractivity contribution in [1.82, 2.24) is 9.97 Å². The predicted molar refractivity (Wildman–Crippen MR) is 98.8 cm³/mol. The van der Waals surface area contributed by atoms with Crippen molar-refractivity contribution < 1.29 is 19.4 Å². The van der Waals surface area contributed by atoms with Crippen molar-refractivity contribution in [3.8, 4) is 11.5 Å². The first kappa shape index (κ1) is 19.2. The van der Waals surface area contributed by atoms with Gasteiger partial charge >= 0.3 is 5.97 Å². The van der Waals surface area contributed by atoms with Gasteiger partial charge in [0.2, 0.25) is 0 Å². The number of hydrogen-bond acceptors (Lipinski definition) is 5. The lowest BCUT2D eigenvalue weighted by Gasteiger charge is -2.12. The van der Waals surface area contributed by atoms with Crippen LogP contribution in [-0.2, 0) is 0 Å². The van der Waals surface area contributed by atoms with E-state index in [4.69, 9.17) is 14.6 Å². The Labute approximate surface area is 151 Å². The van der Waals surface area contributed by atoms with Gasteiger partial charge < -0.3 is 19.6 Å².